The summed E-state index contributed by atoms with van der Waals surface area (Å²) < 4.78 is 53.1. The van der Waals surface area contributed by atoms with Crippen molar-refractivity contribution in [2.45, 2.75) is 19.6 Å². The van der Waals surface area contributed by atoms with Crippen molar-refractivity contribution in [1.82, 2.24) is 35.0 Å². The molecule has 0 spiro atoms. The van der Waals surface area contributed by atoms with Crippen LogP contribution in [0.25, 0.3) is 22.6 Å². The molecule has 1 aromatic carbocycles. The molecule has 1 fully saturated rings. The summed E-state index contributed by atoms with van der Waals surface area (Å²) >= 11 is 0. The van der Waals surface area contributed by atoms with Crippen LogP contribution < -0.4 is 10.5 Å². The lowest BCUT2D eigenvalue weighted by molar-refractivity contribution is -0.144. The highest BCUT2D eigenvalue weighted by Gasteiger charge is 2.35. The topological polar surface area (TPSA) is 107 Å². The van der Waals surface area contributed by atoms with Crippen LogP contribution in [0.5, 0.6) is 0 Å². The van der Waals surface area contributed by atoms with Gasteiger partial charge in [0.05, 0.1) is 17.4 Å². The number of halogens is 4. The Morgan fingerprint density at radius 3 is 2.46 bits per heavy atom. The Morgan fingerprint density at radius 1 is 1.03 bits per heavy atom. The molecule has 3 aromatic heterocycles. The van der Waals surface area contributed by atoms with Gasteiger partial charge in [-0.1, -0.05) is 6.07 Å². The largest absolute Gasteiger partial charge is 0.451 e. The summed E-state index contributed by atoms with van der Waals surface area (Å²) in [4.78, 5) is 29.1. The van der Waals surface area contributed by atoms with Crippen molar-refractivity contribution in [2.75, 3.05) is 31.1 Å². The number of anilines is 1. The lowest BCUT2D eigenvalue weighted by atomic mass is 10.1. The van der Waals surface area contributed by atoms with Crippen LogP contribution in [0.4, 0.5) is 23.2 Å². The molecule has 13 heteroatoms. The van der Waals surface area contributed by atoms with Crippen molar-refractivity contribution in [3.8, 4) is 11.5 Å². The van der Waals surface area contributed by atoms with Crippen molar-refractivity contribution >= 4 is 16.7 Å². The number of benzene rings is 1. The van der Waals surface area contributed by atoms with E-state index in [-0.39, 0.29) is 22.7 Å². The van der Waals surface area contributed by atoms with Gasteiger partial charge >= 0.3 is 6.18 Å². The summed E-state index contributed by atoms with van der Waals surface area (Å²) in [5, 5.41) is 6.63. The van der Waals surface area contributed by atoms with E-state index in [9.17, 15) is 22.4 Å². The molecule has 4 aromatic rings. The molecule has 1 aliphatic rings. The number of nitrogens with one attached hydrogen (secondary N) is 2. The van der Waals surface area contributed by atoms with Crippen molar-refractivity contribution in [1.29, 1.82) is 0 Å². The Hall–Kier alpha value is -3.87. The number of aromatic amines is 2. The van der Waals surface area contributed by atoms with Crippen LogP contribution in [0.1, 0.15) is 17.1 Å². The molecule has 0 amide bonds. The van der Waals surface area contributed by atoms with Crippen LogP contribution in [0.3, 0.4) is 0 Å². The van der Waals surface area contributed by atoms with Gasteiger partial charge in [-0.05, 0) is 25.1 Å². The molecule has 35 heavy (non-hydrogen) atoms. The Bertz CT molecular complexity index is 1420. The zero-order chi connectivity index (χ0) is 24.7. The maximum absolute atomic E-state index is 15.0. The number of H-pyrrole nitrogens is 2. The standard InChI is InChI=1S/C22H20F4N8O/c1-12-20(35)29-18-15(28-12)4-2-13(17(18)23)11-33-6-8-34(9-7-33)14-3-5-16(27-10-14)19-30-21(32-31-19)22(24,25)26/h2-5,10H,6-9,11H2,1H3,(H,29,35)(H,30,31,32). The second kappa shape index (κ2) is 8.73. The average molecular weight is 488 g/mol. The number of hydrogen-bond donors (Lipinski definition) is 2. The van der Waals surface area contributed by atoms with Gasteiger partial charge < -0.3 is 14.9 Å². The lowest BCUT2D eigenvalue weighted by Crippen LogP contribution is -2.46. The summed E-state index contributed by atoms with van der Waals surface area (Å²) in [7, 11) is 0. The van der Waals surface area contributed by atoms with Crippen molar-refractivity contribution in [3.63, 3.8) is 0 Å². The Morgan fingerprint density at radius 2 is 1.80 bits per heavy atom. The molecule has 0 aliphatic carbocycles. The first-order valence-electron chi connectivity index (χ1n) is 10.8. The minimum absolute atomic E-state index is 0.0576. The minimum atomic E-state index is -4.60. The molecule has 0 atom stereocenters. The molecule has 182 valence electrons. The van der Waals surface area contributed by atoms with Crippen molar-refractivity contribution in [3.05, 3.63) is 63.7 Å². The molecular formula is C22H20F4N8O. The molecule has 0 radical (unpaired) electrons. The van der Waals surface area contributed by atoms with Crippen LogP contribution in [0, 0.1) is 12.7 Å². The van der Waals surface area contributed by atoms with E-state index in [1.807, 2.05) is 0 Å². The van der Waals surface area contributed by atoms with Gasteiger partial charge in [0.15, 0.2) is 11.6 Å². The fraction of sp³-hybridized carbons (Fsp3) is 0.318. The second-order valence-corrected chi connectivity index (χ2v) is 8.27. The SMILES string of the molecule is Cc1nc2ccc(CN3CCN(c4ccc(-c5nnc(C(F)(F)F)[nH]5)nc4)CC3)c(F)c2[nH]c1=O. The van der Waals surface area contributed by atoms with E-state index in [1.54, 1.807) is 37.4 Å². The van der Waals surface area contributed by atoms with E-state index in [0.717, 1.165) is 5.69 Å². The maximum atomic E-state index is 15.0. The summed E-state index contributed by atoms with van der Waals surface area (Å²) in [6.07, 6.45) is -3.02. The molecule has 0 unspecified atom stereocenters. The van der Waals surface area contributed by atoms with E-state index in [4.69, 9.17) is 0 Å². The van der Waals surface area contributed by atoms with E-state index in [1.165, 1.54) is 0 Å². The average Bonchev–Trinajstić information content (AvgIpc) is 3.34. The number of nitrogens with zero attached hydrogens (tertiary/aromatic N) is 6. The molecule has 4 heterocycles. The number of aryl methyl sites for hydroxylation is 1. The van der Waals surface area contributed by atoms with Crippen LogP contribution >= 0.6 is 0 Å². The van der Waals surface area contributed by atoms with E-state index >= 15 is 0 Å². The molecule has 1 aliphatic heterocycles. The number of hydrogen-bond acceptors (Lipinski definition) is 7. The highest BCUT2D eigenvalue weighted by Crippen LogP contribution is 2.28. The summed E-state index contributed by atoms with van der Waals surface area (Å²) in [6, 6.07) is 6.74. The maximum Gasteiger partial charge on any atom is 0.451 e. The first-order chi connectivity index (χ1) is 16.7. The van der Waals surface area contributed by atoms with E-state index in [0.29, 0.717) is 43.8 Å². The van der Waals surface area contributed by atoms with Gasteiger partial charge in [-0.3, -0.25) is 14.7 Å². The fourth-order valence-corrected chi connectivity index (χ4v) is 4.00. The smallest absolute Gasteiger partial charge is 0.368 e. The zero-order valence-corrected chi connectivity index (χ0v) is 18.5. The van der Waals surface area contributed by atoms with Gasteiger partial charge in [0.1, 0.15) is 16.9 Å². The Balaban J connectivity index is 1.23. The normalized spacial score (nSPS) is 15.2. The van der Waals surface area contributed by atoms with E-state index < -0.39 is 23.4 Å². The first kappa shape index (κ1) is 22.9. The number of rotatable bonds is 4. The number of pyridine rings is 1. The molecule has 0 saturated carbocycles. The minimum Gasteiger partial charge on any atom is -0.368 e. The molecule has 2 N–H and O–H groups in total. The third-order valence-electron chi connectivity index (χ3n) is 5.93. The quantitative estimate of drug-likeness (QED) is 0.426. The highest BCUT2D eigenvalue weighted by atomic mass is 19.4. The Kier molecular flexibility index (Phi) is 5.71. The first-order valence-corrected chi connectivity index (χ1v) is 10.8. The number of alkyl halides is 3. The highest BCUT2D eigenvalue weighted by molar-refractivity contribution is 5.75. The van der Waals surface area contributed by atoms with Gasteiger partial charge in [0.2, 0.25) is 5.82 Å². The predicted octanol–water partition coefficient (Wildman–Crippen LogP) is 2.89. The summed E-state index contributed by atoms with van der Waals surface area (Å²) in [5.74, 6) is -1.71. The third-order valence-corrected chi connectivity index (χ3v) is 5.93. The summed E-state index contributed by atoms with van der Waals surface area (Å²) in [6.45, 7) is 4.61. The molecular weight excluding hydrogens is 468 g/mol. The zero-order valence-electron chi connectivity index (χ0n) is 18.5. The number of aromatic nitrogens is 6. The van der Waals surface area contributed by atoms with Crippen molar-refractivity contribution in [2.24, 2.45) is 0 Å². The Labute approximate surface area is 195 Å². The lowest BCUT2D eigenvalue weighted by Gasteiger charge is -2.36. The van der Waals surface area contributed by atoms with Gasteiger partial charge in [-0.25, -0.2) is 9.37 Å². The molecule has 1 saturated heterocycles. The van der Waals surface area contributed by atoms with Crippen LogP contribution in [-0.4, -0.2) is 61.2 Å². The third kappa shape index (κ3) is 4.58. The molecule has 9 nitrogen and oxygen atoms in total. The molecule has 0 bridgehead atoms. The fourth-order valence-electron chi connectivity index (χ4n) is 4.00. The van der Waals surface area contributed by atoms with Gasteiger partial charge in [0.25, 0.3) is 5.56 Å². The number of piperazine rings is 1. The van der Waals surface area contributed by atoms with Gasteiger partial charge in [-0.15, -0.1) is 10.2 Å². The van der Waals surface area contributed by atoms with E-state index in [2.05, 4.69) is 39.9 Å². The second-order valence-electron chi connectivity index (χ2n) is 8.27. The van der Waals surface area contributed by atoms with Crippen LogP contribution in [0.15, 0.2) is 35.3 Å². The van der Waals surface area contributed by atoms with Gasteiger partial charge in [-0.2, -0.15) is 13.2 Å². The van der Waals surface area contributed by atoms with Crippen LogP contribution in [-0.2, 0) is 12.7 Å². The van der Waals surface area contributed by atoms with Crippen LogP contribution in [0.2, 0.25) is 0 Å². The summed E-state index contributed by atoms with van der Waals surface area (Å²) in [5.41, 5.74) is 1.94. The van der Waals surface area contributed by atoms with Crippen molar-refractivity contribution < 1.29 is 17.6 Å². The molecule has 5 rings (SSSR count). The predicted molar refractivity (Wildman–Crippen MR) is 119 cm³/mol. The number of fused-ring (bicyclic) bond motifs is 1. The monoisotopic (exact) mass is 488 g/mol. The van der Waals surface area contributed by atoms with Gasteiger partial charge in [0, 0.05) is 38.3 Å².